The molecule has 17 nitrogen and oxygen atoms in total. The minimum absolute atomic E-state index is 0.00678. The third-order valence-electron chi connectivity index (χ3n) is 4.14. The summed E-state index contributed by atoms with van der Waals surface area (Å²) in [5.41, 5.74) is 32.6. The number of nitrogens with two attached hydrogens (primary N) is 6. The number of aliphatic imine (C=N–C) groups is 4. The molecule has 2 aromatic rings. The molecule has 2 aromatic carbocycles. The molecule has 19 heteroatoms. The number of carbonyl (C=O) groups is 1. The number of rotatable bonds is 7. The van der Waals surface area contributed by atoms with Crippen LogP contribution in [0.4, 0.5) is 11.4 Å². The number of hydrogen-bond donors (Lipinski definition) is 12. The summed E-state index contributed by atoms with van der Waals surface area (Å²) in [7, 11) is 0. The van der Waals surface area contributed by atoms with Gasteiger partial charge in [-0.3, -0.25) is 0 Å². The molecule has 0 heterocycles. The summed E-state index contributed by atoms with van der Waals surface area (Å²) < 4.78 is 0. The second-order valence-corrected chi connectivity index (χ2v) is 8.35. The number of carboxylic acids is 1. The maximum atomic E-state index is 10.1. The number of guanidine groups is 4. The first-order chi connectivity index (χ1) is 19.1. The predicted octanol–water partition coefficient (Wildman–Crippen LogP) is -2.37. The van der Waals surface area contributed by atoms with Crippen LogP contribution in [0.25, 0.3) is 0 Å². The van der Waals surface area contributed by atoms with Crippen molar-refractivity contribution >= 4 is 64.4 Å². The van der Waals surface area contributed by atoms with Crippen molar-refractivity contribution in [2.75, 3.05) is 6.61 Å². The highest BCUT2D eigenvalue weighted by Gasteiger charge is 2.33. The van der Waals surface area contributed by atoms with Crippen molar-refractivity contribution < 1.29 is 35.4 Å². The first kappa shape index (κ1) is 36.8. The maximum Gasteiger partial charge on any atom is 0.335 e. The molecule has 41 heavy (non-hydrogen) atoms. The minimum atomic E-state index is -2.20. The summed E-state index contributed by atoms with van der Waals surface area (Å²) in [4.78, 5) is 25.1. The van der Waals surface area contributed by atoms with Gasteiger partial charge in [0.2, 0.25) is 11.9 Å². The van der Waals surface area contributed by atoms with E-state index >= 15 is 0 Å². The topological polar surface area (TPSA) is 344 Å². The Hall–Kier alpha value is -4.23. The number of benzene rings is 2. The fourth-order valence-corrected chi connectivity index (χ4v) is 2.53. The lowest BCUT2D eigenvalue weighted by Crippen LogP contribution is -2.48. The summed E-state index contributed by atoms with van der Waals surface area (Å²) in [5, 5.41) is 53.1. The molecule has 0 radical (unpaired) electrons. The molecule has 226 valence electrons. The van der Waals surface area contributed by atoms with Crippen LogP contribution >= 0.6 is 23.2 Å². The molecular weight excluding hydrogens is 587 g/mol. The minimum Gasteiger partial charge on any atom is -0.479 e. The predicted molar refractivity (Wildman–Crippen MR) is 156 cm³/mol. The Morgan fingerprint density at radius 2 is 1.02 bits per heavy atom. The van der Waals surface area contributed by atoms with Crippen molar-refractivity contribution in [1.82, 2.24) is 0 Å². The van der Waals surface area contributed by atoms with Crippen LogP contribution in [0.2, 0.25) is 10.0 Å². The fourth-order valence-electron chi connectivity index (χ4n) is 2.28. The zero-order valence-corrected chi connectivity index (χ0v) is 22.7. The molecule has 0 aliphatic heterocycles. The molecular formula is C22H32Cl2N10O7. The van der Waals surface area contributed by atoms with Crippen molar-refractivity contribution in [3.63, 3.8) is 0 Å². The normalized spacial score (nSPS) is 14.0. The fraction of sp³-hybridized carbons (Fsp3) is 0.227. The van der Waals surface area contributed by atoms with E-state index in [0.29, 0.717) is 21.4 Å². The van der Waals surface area contributed by atoms with Crippen LogP contribution in [0.5, 0.6) is 0 Å². The Bertz CT molecular complexity index is 1130. The molecule has 0 amide bonds. The van der Waals surface area contributed by atoms with E-state index in [1.165, 1.54) is 0 Å². The molecule has 18 N–H and O–H groups in total. The second kappa shape index (κ2) is 19.0. The number of hydrogen-bond acceptors (Lipinski definition) is 8. The van der Waals surface area contributed by atoms with Crippen LogP contribution in [0.15, 0.2) is 68.5 Å². The van der Waals surface area contributed by atoms with Crippen molar-refractivity contribution in [1.29, 1.82) is 0 Å². The van der Waals surface area contributed by atoms with Gasteiger partial charge in [-0.2, -0.15) is 9.98 Å². The number of nitrogens with zero attached hydrogens (tertiary/aromatic N) is 4. The first-order valence-corrected chi connectivity index (χ1v) is 11.8. The molecule has 0 spiro atoms. The zero-order chi connectivity index (χ0) is 31.7. The Kier molecular flexibility index (Phi) is 17.0. The molecule has 0 unspecified atom stereocenters. The largest absolute Gasteiger partial charge is 0.479 e. The standard InChI is InChI=1S/2C8H10ClN5.C6H12O7/c2*9-5-1-3-6(4-2-5)13-8(12)14-7(10)11;7-1-2(8)3(9)4(10)5(11)6(12)13/h2*1-4H,(H6,10,11,12,13,14);2-5,7-11H,1H2,(H,12,13)/t;;2-,3-,4+,5-/m..1/s1. The summed E-state index contributed by atoms with van der Waals surface area (Å²) >= 11 is 11.4. The number of carboxylic acid groups (broad SMARTS) is 1. The van der Waals surface area contributed by atoms with Crippen LogP contribution in [0.1, 0.15) is 0 Å². The molecule has 0 bridgehead atoms. The average Bonchev–Trinajstić information content (AvgIpc) is 2.89. The van der Waals surface area contributed by atoms with Crippen LogP contribution in [-0.4, -0.2) is 91.5 Å². The van der Waals surface area contributed by atoms with E-state index in [-0.39, 0.29) is 23.8 Å². The zero-order valence-electron chi connectivity index (χ0n) is 21.2. The lowest BCUT2D eigenvalue weighted by atomic mass is 10.0. The Labute approximate surface area is 243 Å². The van der Waals surface area contributed by atoms with Crippen LogP contribution < -0.4 is 34.4 Å². The lowest BCUT2D eigenvalue weighted by Gasteiger charge is -2.23. The third-order valence-corrected chi connectivity index (χ3v) is 4.64. The van der Waals surface area contributed by atoms with E-state index in [0.717, 1.165) is 0 Å². The quantitative estimate of drug-likeness (QED) is 0.114. The highest BCUT2D eigenvalue weighted by molar-refractivity contribution is 6.30. The van der Waals surface area contributed by atoms with Crippen LogP contribution in [-0.2, 0) is 4.79 Å². The van der Waals surface area contributed by atoms with Gasteiger partial charge in [0.05, 0.1) is 18.0 Å². The van der Waals surface area contributed by atoms with Crippen molar-refractivity contribution in [3.05, 3.63) is 58.6 Å². The van der Waals surface area contributed by atoms with Crippen LogP contribution in [0.3, 0.4) is 0 Å². The molecule has 0 saturated heterocycles. The van der Waals surface area contributed by atoms with E-state index in [4.69, 9.17) is 88.2 Å². The van der Waals surface area contributed by atoms with E-state index in [9.17, 15) is 4.79 Å². The van der Waals surface area contributed by atoms with Gasteiger partial charge in [0.15, 0.2) is 18.0 Å². The molecule has 2 rings (SSSR count). The first-order valence-electron chi connectivity index (χ1n) is 11.0. The van der Waals surface area contributed by atoms with Crippen molar-refractivity contribution in [2.45, 2.75) is 24.4 Å². The third kappa shape index (κ3) is 16.5. The van der Waals surface area contributed by atoms with Gasteiger partial charge in [-0.05, 0) is 48.5 Å². The average molecular weight is 619 g/mol. The van der Waals surface area contributed by atoms with E-state index in [1.807, 2.05) is 0 Å². The number of aliphatic hydroxyl groups is 5. The van der Waals surface area contributed by atoms with Gasteiger partial charge in [-0.1, -0.05) is 23.2 Å². The maximum absolute atomic E-state index is 10.1. The van der Waals surface area contributed by atoms with E-state index in [1.54, 1.807) is 48.5 Å². The summed E-state index contributed by atoms with van der Waals surface area (Å²) in [5.74, 6) is -1.96. The van der Waals surface area contributed by atoms with Gasteiger partial charge >= 0.3 is 5.97 Å². The van der Waals surface area contributed by atoms with E-state index < -0.39 is 37.0 Å². The van der Waals surface area contributed by atoms with Gasteiger partial charge in [0.25, 0.3) is 0 Å². The van der Waals surface area contributed by atoms with Gasteiger partial charge in [-0.15, -0.1) is 0 Å². The second-order valence-electron chi connectivity index (χ2n) is 7.48. The highest BCUT2D eigenvalue weighted by atomic mass is 35.5. The summed E-state index contributed by atoms with van der Waals surface area (Å²) in [6, 6.07) is 13.6. The Morgan fingerprint density at radius 1 is 0.683 bits per heavy atom. The van der Waals surface area contributed by atoms with Gasteiger partial charge in [0.1, 0.15) is 18.3 Å². The smallest absolute Gasteiger partial charge is 0.335 e. The van der Waals surface area contributed by atoms with Crippen molar-refractivity contribution in [2.24, 2.45) is 54.4 Å². The molecule has 4 atom stereocenters. The Morgan fingerprint density at radius 3 is 1.29 bits per heavy atom. The van der Waals surface area contributed by atoms with Crippen molar-refractivity contribution in [3.8, 4) is 0 Å². The number of halogens is 2. The van der Waals surface area contributed by atoms with Gasteiger partial charge in [0, 0.05) is 10.0 Å². The van der Waals surface area contributed by atoms with E-state index in [2.05, 4.69) is 20.0 Å². The summed E-state index contributed by atoms with van der Waals surface area (Å²) in [6.07, 6.45) is -7.84. The SMILES string of the molecule is NC(N)=NC(N)=Nc1ccc(Cl)cc1.NC(N)=NC(N)=Nc1ccc(Cl)cc1.O=C(O)[C@H](O)[C@@H](O)[C@H](O)[C@H](O)CO. The Balaban J connectivity index is 0.000000586. The molecule has 0 fully saturated rings. The monoisotopic (exact) mass is 618 g/mol. The molecule has 0 aliphatic rings. The molecule has 0 aromatic heterocycles. The van der Waals surface area contributed by atoms with Crippen LogP contribution in [0, 0.1) is 0 Å². The number of aliphatic carboxylic acids is 1. The van der Waals surface area contributed by atoms with Gasteiger partial charge < -0.3 is 65.0 Å². The highest BCUT2D eigenvalue weighted by Crippen LogP contribution is 2.16. The molecule has 0 aliphatic carbocycles. The van der Waals surface area contributed by atoms with Gasteiger partial charge in [-0.25, -0.2) is 14.8 Å². The lowest BCUT2D eigenvalue weighted by molar-refractivity contribution is -0.164. The molecule has 0 saturated carbocycles. The summed E-state index contributed by atoms with van der Waals surface area (Å²) in [6.45, 7) is -0.843. The number of aliphatic hydroxyl groups excluding tert-OH is 5.